The fourth-order valence-electron chi connectivity index (χ4n) is 1.67. The van der Waals surface area contributed by atoms with Crippen LogP contribution >= 0.6 is 0 Å². The van der Waals surface area contributed by atoms with Gasteiger partial charge >= 0.3 is 5.69 Å². The van der Waals surface area contributed by atoms with Crippen LogP contribution in [0.3, 0.4) is 0 Å². The number of likely N-dealkylation sites (N-methyl/N-ethyl adjacent to an activating group) is 1. The molecule has 0 aliphatic carbocycles. The monoisotopic (exact) mass is 227 g/mol. The van der Waals surface area contributed by atoms with Crippen molar-refractivity contribution < 1.29 is 4.92 Å². The number of nitrogens with two attached hydrogens (primary N) is 1. The van der Waals surface area contributed by atoms with Gasteiger partial charge in [-0.2, -0.15) is 5.10 Å². The first-order chi connectivity index (χ1) is 7.52. The molecule has 0 saturated carbocycles. The van der Waals surface area contributed by atoms with Crippen LogP contribution in [-0.4, -0.2) is 34.8 Å². The van der Waals surface area contributed by atoms with E-state index in [2.05, 4.69) is 5.10 Å². The van der Waals surface area contributed by atoms with Gasteiger partial charge in [-0.05, 0) is 13.8 Å². The molecule has 0 atom stereocenters. The van der Waals surface area contributed by atoms with Crippen molar-refractivity contribution in [2.24, 2.45) is 5.73 Å². The second kappa shape index (κ2) is 4.93. The van der Waals surface area contributed by atoms with Crippen LogP contribution in [0, 0.1) is 17.0 Å². The van der Waals surface area contributed by atoms with Crippen molar-refractivity contribution in [3.63, 3.8) is 0 Å². The lowest BCUT2D eigenvalue weighted by atomic mass is 10.3. The molecular weight excluding hydrogens is 210 g/mol. The lowest BCUT2D eigenvalue weighted by Gasteiger charge is -2.17. The first kappa shape index (κ1) is 12.4. The summed E-state index contributed by atoms with van der Waals surface area (Å²) in [4.78, 5) is 12.3. The van der Waals surface area contributed by atoms with E-state index in [-0.39, 0.29) is 5.69 Å². The maximum Gasteiger partial charge on any atom is 0.333 e. The Morgan fingerprint density at radius 1 is 1.62 bits per heavy atom. The van der Waals surface area contributed by atoms with Crippen molar-refractivity contribution in [3.05, 3.63) is 15.8 Å². The smallest absolute Gasteiger partial charge is 0.333 e. The number of aryl methyl sites for hydroxylation is 2. The van der Waals surface area contributed by atoms with Crippen LogP contribution in [0.1, 0.15) is 12.6 Å². The molecule has 0 fully saturated rings. The van der Waals surface area contributed by atoms with E-state index in [0.717, 1.165) is 0 Å². The predicted molar refractivity (Wildman–Crippen MR) is 61.6 cm³/mol. The molecule has 16 heavy (non-hydrogen) atoms. The normalized spacial score (nSPS) is 10.5. The summed E-state index contributed by atoms with van der Waals surface area (Å²) in [6, 6.07) is 0. The highest BCUT2D eigenvalue weighted by Gasteiger charge is 2.27. The Kier molecular flexibility index (Phi) is 3.83. The molecule has 0 saturated heterocycles. The van der Waals surface area contributed by atoms with Crippen molar-refractivity contribution >= 4 is 11.5 Å². The average Bonchev–Trinajstić information content (AvgIpc) is 2.55. The second-order valence-electron chi connectivity index (χ2n) is 3.54. The zero-order valence-electron chi connectivity index (χ0n) is 9.80. The fourth-order valence-corrected chi connectivity index (χ4v) is 1.67. The van der Waals surface area contributed by atoms with Crippen LogP contribution < -0.4 is 10.6 Å². The van der Waals surface area contributed by atoms with Gasteiger partial charge in [0.1, 0.15) is 5.69 Å². The number of aromatic nitrogens is 2. The van der Waals surface area contributed by atoms with Gasteiger partial charge in [0.2, 0.25) is 5.82 Å². The van der Waals surface area contributed by atoms with Crippen molar-refractivity contribution in [2.45, 2.75) is 20.4 Å². The zero-order valence-corrected chi connectivity index (χ0v) is 9.80. The summed E-state index contributed by atoms with van der Waals surface area (Å²) in [5, 5.41) is 15.1. The van der Waals surface area contributed by atoms with Crippen molar-refractivity contribution in [1.82, 2.24) is 9.78 Å². The van der Waals surface area contributed by atoms with E-state index >= 15 is 0 Å². The van der Waals surface area contributed by atoms with Crippen LogP contribution in [-0.2, 0) is 6.54 Å². The van der Waals surface area contributed by atoms with E-state index in [1.165, 1.54) is 0 Å². The summed E-state index contributed by atoms with van der Waals surface area (Å²) < 4.78 is 1.63. The highest BCUT2D eigenvalue weighted by Crippen LogP contribution is 2.30. The second-order valence-corrected chi connectivity index (χ2v) is 3.54. The zero-order chi connectivity index (χ0) is 12.3. The van der Waals surface area contributed by atoms with Crippen molar-refractivity contribution in [2.75, 3.05) is 25.0 Å². The van der Waals surface area contributed by atoms with E-state index in [1.807, 2.05) is 6.92 Å². The number of rotatable bonds is 5. The van der Waals surface area contributed by atoms with Crippen molar-refractivity contribution in [1.29, 1.82) is 0 Å². The largest absolute Gasteiger partial charge is 0.353 e. The molecule has 7 nitrogen and oxygen atoms in total. The SMILES string of the molecule is CCn1nc(C)c([N+](=O)[O-])c1N(C)CCN. The molecule has 1 aromatic rings. The molecule has 0 radical (unpaired) electrons. The Balaban J connectivity index is 3.26. The minimum Gasteiger partial charge on any atom is -0.353 e. The first-order valence-electron chi connectivity index (χ1n) is 5.15. The third kappa shape index (κ3) is 2.13. The molecule has 1 aromatic heterocycles. The lowest BCUT2D eigenvalue weighted by Crippen LogP contribution is -2.27. The summed E-state index contributed by atoms with van der Waals surface area (Å²) in [7, 11) is 1.78. The van der Waals surface area contributed by atoms with E-state index in [9.17, 15) is 10.1 Å². The summed E-state index contributed by atoms with van der Waals surface area (Å²) in [6.45, 7) is 5.15. The van der Waals surface area contributed by atoms with Gasteiger partial charge in [0.05, 0.1) is 4.92 Å². The van der Waals surface area contributed by atoms with Gasteiger partial charge in [0, 0.05) is 26.7 Å². The maximum absolute atomic E-state index is 11.0. The topological polar surface area (TPSA) is 90.2 Å². The standard InChI is InChI=1S/C9H17N5O2/c1-4-13-9(12(3)6-5-10)8(14(15)16)7(2)11-13/h4-6,10H2,1-3H3. The van der Waals surface area contributed by atoms with Gasteiger partial charge < -0.3 is 10.6 Å². The number of nitro groups is 1. The van der Waals surface area contributed by atoms with Crippen LogP contribution in [0.15, 0.2) is 0 Å². The first-order valence-corrected chi connectivity index (χ1v) is 5.15. The molecule has 2 N–H and O–H groups in total. The summed E-state index contributed by atoms with van der Waals surface area (Å²) in [5.41, 5.74) is 5.95. The van der Waals surface area contributed by atoms with Gasteiger partial charge in [-0.3, -0.25) is 10.1 Å². The Labute approximate surface area is 94.0 Å². The number of anilines is 1. The minimum absolute atomic E-state index is 0.0674. The molecule has 0 bridgehead atoms. The Morgan fingerprint density at radius 2 is 2.25 bits per heavy atom. The molecule has 1 rings (SSSR count). The Bertz CT molecular complexity index is 387. The fraction of sp³-hybridized carbons (Fsp3) is 0.667. The van der Waals surface area contributed by atoms with E-state index in [4.69, 9.17) is 5.73 Å². The van der Waals surface area contributed by atoms with E-state index < -0.39 is 4.92 Å². The van der Waals surface area contributed by atoms with Crippen LogP contribution in [0.4, 0.5) is 11.5 Å². The quantitative estimate of drug-likeness (QED) is 0.584. The Morgan fingerprint density at radius 3 is 2.69 bits per heavy atom. The Hall–Kier alpha value is -1.63. The summed E-state index contributed by atoms with van der Waals surface area (Å²) >= 11 is 0. The minimum atomic E-state index is -0.392. The molecule has 90 valence electrons. The van der Waals surface area contributed by atoms with Gasteiger partial charge in [-0.1, -0.05) is 0 Å². The number of nitrogens with zero attached hydrogens (tertiary/aromatic N) is 4. The van der Waals surface area contributed by atoms with Crippen LogP contribution in [0.2, 0.25) is 0 Å². The average molecular weight is 227 g/mol. The molecule has 7 heteroatoms. The third-order valence-corrected chi connectivity index (χ3v) is 2.38. The maximum atomic E-state index is 11.0. The molecule has 0 aliphatic heterocycles. The summed E-state index contributed by atoms with van der Waals surface area (Å²) in [6.07, 6.45) is 0. The molecule has 0 aromatic carbocycles. The lowest BCUT2D eigenvalue weighted by molar-refractivity contribution is -0.384. The number of hydrogen-bond acceptors (Lipinski definition) is 5. The van der Waals surface area contributed by atoms with Gasteiger partial charge in [-0.15, -0.1) is 0 Å². The van der Waals surface area contributed by atoms with Crippen LogP contribution in [0.5, 0.6) is 0 Å². The van der Waals surface area contributed by atoms with Gasteiger partial charge in [-0.25, -0.2) is 4.68 Å². The van der Waals surface area contributed by atoms with E-state index in [0.29, 0.717) is 31.1 Å². The third-order valence-electron chi connectivity index (χ3n) is 2.38. The van der Waals surface area contributed by atoms with E-state index in [1.54, 1.807) is 23.6 Å². The van der Waals surface area contributed by atoms with Crippen molar-refractivity contribution in [3.8, 4) is 0 Å². The molecular formula is C9H17N5O2. The molecule has 0 unspecified atom stereocenters. The predicted octanol–water partition coefficient (Wildman–Crippen LogP) is 0.515. The molecule has 0 spiro atoms. The highest BCUT2D eigenvalue weighted by molar-refractivity contribution is 5.60. The van der Waals surface area contributed by atoms with Gasteiger partial charge in [0.25, 0.3) is 0 Å². The molecule has 0 aliphatic rings. The number of hydrogen-bond donors (Lipinski definition) is 1. The van der Waals surface area contributed by atoms with Gasteiger partial charge in [0.15, 0.2) is 0 Å². The van der Waals surface area contributed by atoms with Crippen LogP contribution in [0.25, 0.3) is 0 Å². The molecule has 0 amide bonds. The highest BCUT2D eigenvalue weighted by atomic mass is 16.6. The molecule has 1 heterocycles. The summed E-state index contributed by atoms with van der Waals surface area (Å²) in [5.74, 6) is 0.524.